The van der Waals surface area contributed by atoms with Gasteiger partial charge < -0.3 is 9.64 Å². The Morgan fingerprint density at radius 3 is 2.71 bits per heavy atom. The lowest BCUT2D eigenvalue weighted by Gasteiger charge is -2.27. The standard InChI is InChI=1S/C14H21BrN2O3S/c1-11-10-16(2)7-4-8-17(11)21(18,19)14-9-12(15)5-6-13(14)20-3/h5-6,9,11H,4,7-8,10H2,1-3H3. The minimum Gasteiger partial charge on any atom is -0.495 e. The monoisotopic (exact) mass is 376 g/mol. The van der Waals surface area contributed by atoms with E-state index in [4.69, 9.17) is 4.74 Å². The molecule has 0 aliphatic carbocycles. The molecule has 1 aliphatic rings. The first-order chi connectivity index (χ1) is 9.86. The molecule has 0 N–H and O–H groups in total. The first-order valence-electron chi connectivity index (χ1n) is 6.90. The minimum atomic E-state index is -3.57. The van der Waals surface area contributed by atoms with Crippen LogP contribution >= 0.6 is 15.9 Å². The number of hydrogen-bond donors (Lipinski definition) is 0. The summed E-state index contributed by atoms with van der Waals surface area (Å²) >= 11 is 3.34. The zero-order valence-corrected chi connectivity index (χ0v) is 14.9. The lowest BCUT2D eigenvalue weighted by atomic mass is 10.3. The van der Waals surface area contributed by atoms with Gasteiger partial charge in [0.1, 0.15) is 10.6 Å². The number of benzene rings is 1. The van der Waals surface area contributed by atoms with E-state index in [0.29, 0.717) is 12.3 Å². The van der Waals surface area contributed by atoms with Crippen LogP contribution in [0.2, 0.25) is 0 Å². The van der Waals surface area contributed by atoms with Gasteiger partial charge in [-0.05, 0) is 45.1 Å². The van der Waals surface area contributed by atoms with E-state index in [2.05, 4.69) is 20.8 Å². The molecular weight excluding hydrogens is 356 g/mol. The van der Waals surface area contributed by atoms with E-state index in [1.54, 1.807) is 22.5 Å². The zero-order valence-electron chi connectivity index (χ0n) is 12.5. The van der Waals surface area contributed by atoms with Crippen molar-refractivity contribution in [3.05, 3.63) is 22.7 Å². The first kappa shape index (κ1) is 16.7. The Labute approximate surface area is 135 Å². The largest absolute Gasteiger partial charge is 0.495 e. The van der Waals surface area contributed by atoms with Crippen LogP contribution in [0, 0.1) is 0 Å². The van der Waals surface area contributed by atoms with Crippen molar-refractivity contribution in [3.63, 3.8) is 0 Å². The fraction of sp³-hybridized carbons (Fsp3) is 0.571. The molecule has 0 aromatic heterocycles. The van der Waals surface area contributed by atoms with Gasteiger partial charge in [0.25, 0.3) is 0 Å². The average molecular weight is 377 g/mol. The van der Waals surface area contributed by atoms with E-state index in [-0.39, 0.29) is 10.9 Å². The number of hydrogen-bond acceptors (Lipinski definition) is 4. The van der Waals surface area contributed by atoms with Crippen molar-refractivity contribution in [1.29, 1.82) is 0 Å². The van der Waals surface area contributed by atoms with Crippen LogP contribution in [0.3, 0.4) is 0 Å². The molecule has 1 aromatic carbocycles. The maximum Gasteiger partial charge on any atom is 0.247 e. The van der Waals surface area contributed by atoms with E-state index in [9.17, 15) is 8.42 Å². The molecule has 0 spiro atoms. The summed E-state index contributed by atoms with van der Waals surface area (Å²) in [5.74, 6) is 0.378. The minimum absolute atomic E-state index is 0.0637. The second-order valence-electron chi connectivity index (χ2n) is 5.38. The van der Waals surface area contributed by atoms with Crippen molar-refractivity contribution in [2.45, 2.75) is 24.3 Å². The molecule has 1 saturated heterocycles. The van der Waals surface area contributed by atoms with Gasteiger partial charge in [0.2, 0.25) is 10.0 Å². The number of sulfonamides is 1. The molecule has 1 unspecified atom stereocenters. The highest BCUT2D eigenvalue weighted by molar-refractivity contribution is 9.10. The van der Waals surface area contributed by atoms with Crippen molar-refractivity contribution in [2.24, 2.45) is 0 Å². The van der Waals surface area contributed by atoms with Crippen LogP contribution in [0.4, 0.5) is 0 Å². The number of rotatable bonds is 3. The molecule has 1 aliphatic heterocycles. The third-order valence-electron chi connectivity index (χ3n) is 3.70. The van der Waals surface area contributed by atoms with Crippen LogP contribution in [0.15, 0.2) is 27.6 Å². The molecule has 1 fully saturated rings. The average Bonchev–Trinajstić information content (AvgIpc) is 2.59. The third kappa shape index (κ3) is 3.59. The van der Waals surface area contributed by atoms with Gasteiger partial charge in [0, 0.05) is 23.6 Å². The maximum absolute atomic E-state index is 13.0. The van der Waals surface area contributed by atoms with Gasteiger partial charge in [0.15, 0.2) is 0 Å². The van der Waals surface area contributed by atoms with Gasteiger partial charge in [0.05, 0.1) is 7.11 Å². The molecule has 5 nitrogen and oxygen atoms in total. The zero-order chi connectivity index (χ0) is 15.6. The normalized spacial score (nSPS) is 22.0. The molecule has 1 heterocycles. The van der Waals surface area contributed by atoms with Gasteiger partial charge in [-0.2, -0.15) is 4.31 Å². The van der Waals surface area contributed by atoms with Crippen molar-refractivity contribution in [2.75, 3.05) is 33.8 Å². The summed E-state index contributed by atoms with van der Waals surface area (Å²) in [4.78, 5) is 2.38. The molecule has 1 aromatic rings. The Morgan fingerprint density at radius 2 is 2.05 bits per heavy atom. The second kappa shape index (κ2) is 6.64. The maximum atomic E-state index is 13.0. The number of likely N-dealkylation sites (N-methyl/N-ethyl adjacent to an activating group) is 1. The van der Waals surface area contributed by atoms with Gasteiger partial charge in [-0.3, -0.25) is 0 Å². The highest BCUT2D eigenvalue weighted by Crippen LogP contribution is 2.31. The number of halogens is 1. The molecule has 0 bridgehead atoms. The quantitative estimate of drug-likeness (QED) is 0.810. The van der Waals surface area contributed by atoms with Crippen molar-refractivity contribution in [3.8, 4) is 5.75 Å². The Hall–Kier alpha value is -0.630. The van der Waals surface area contributed by atoms with Crippen LogP contribution < -0.4 is 4.74 Å². The van der Waals surface area contributed by atoms with Gasteiger partial charge in [-0.1, -0.05) is 15.9 Å². The van der Waals surface area contributed by atoms with Crippen LogP contribution in [-0.2, 0) is 10.0 Å². The summed E-state index contributed by atoms with van der Waals surface area (Å²) < 4.78 is 33.5. The summed E-state index contributed by atoms with van der Waals surface area (Å²) in [7, 11) is -0.0634. The smallest absolute Gasteiger partial charge is 0.247 e. The molecule has 0 amide bonds. The van der Waals surface area contributed by atoms with Crippen LogP contribution in [0.5, 0.6) is 5.75 Å². The fourth-order valence-corrected chi connectivity index (χ4v) is 5.04. The Balaban J connectivity index is 2.43. The highest BCUT2D eigenvalue weighted by atomic mass is 79.9. The third-order valence-corrected chi connectivity index (χ3v) is 6.23. The summed E-state index contributed by atoms with van der Waals surface area (Å²) in [6.45, 7) is 4.12. The lowest BCUT2D eigenvalue weighted by Crippen LogP contribution is -2.42. The fourth-order valence-electron chi connectivity index (χ4n) is 2.69. The highest BCUT2D eigenvalue weighted by Gasteiger charge is 2.33. The van der Waals surface area contributed by atoms with Gasteiger partial charge in [-0.25, -0.2) is 8.42 Å². The van der Waals surface area contributed by atoms with Crippen LogP contribution in [0.1, 0.15) is 13.3 Å². The second-order valence-corrected chi connectivity index (χ2v) is 8.15. The molecule has 118 valence electrons. The summed E-state index contributed by atoms with van der Waals surface area (Å²) in [6.07, 6.45) is 0.830. The van der Waals surface area contributed by atoms with Crippen molar-refractivity contribution >= 4 is 26.0 Å². The molecule has 7 heteroatoms. The van der Waals surface area contributed by atoms with E-state index < -0.39 is 10.0 Å². The van der Waals surface area contributed by atoms with Gasteiger partial charge in [-0.15, -0.1) is 0 Å². The molecule has 2 rings (SSSR count). The predicted octanol–water partition coefficient (Wildman–Crippen LogP) is 2.17. The number of methoxy groups -OCH3 is 1. The lowest BCUT2D eigenvalue weighted by molar-refractivity contribution is 0.290. The molecule has 0 radical (unpaired) electrons. The predicted molar refractivity (Wildman–Crippen MR) is 86.2 cm³/mol. The van der Waals surface area contributed by atoms with Gasteiger partial charge >= 0.3 is 0 Å². The number of ether oxygens (including phenoxy) is 1. The summed E-state index contributed by atoms with van der Waals surface area (Å²) in [5, 5.41) is 0. The van der Waals surface area contributed by atoms with E-state index in [0.717, 1.165) is 24.0 Å². The van der Waals surface area contributed by atoms with E-state index in [1.807, 2.05) is 14.0 Å². The SMILES string of the molecule is COc1ccc(Br)cc1S(=O)(=O)N1CCCN(C)CC1C. The first-order valence-corrected chi connectivity index (χ1v) is 9.13. The molecule has 0 saturated carbocycles. The Morgan fingerprint density at radius 1 is 1.33 bits per heavy atom. The van der Waals surface area contributed by atoms with E-state index in [1.165, 1.54) is 7.11 Å². The van der Waals surface area contributed by atoms with Crippen molar-refractivity contribution < 1.29 is 13.2 Å². The molecule has 1 atom stereocenters. The number of nitrogens with zero attached hydrogens (tertiary/aromatic N) is 2. The van der Waals surface area contributed by atoms with Crippen LogP contribution in [0.25, 0.3) is 0 Å². The van der Waals surface area contributed by atoms with Crippen LogP contribution in [-0.4, -0.2) is 57.5 Å². The molecular formula is C14H21BrN2O3S. The van der Waals surface area contributed by atoms with Crippen molar-refractivity contribution in [1.82, 2.24) is 9.21 Å². The Bertz CT molecular complexity index is 606. The summed E-state index contributed by atoms with van der Waals surface area (Å²) in [5.41, 5.74) is 0. The summed E-state index contributed by atoms with van der Waals surface area (Å²) in [6, 6.07) is 4.99. The topological polar surface area (TPSA) is 49.9 Å². The molecule has 21 heavy (non-hydrogen) atoms. The Kier molecular flexibility index (Phi) is 5.29. The van der Waals surface area contributed by atoms with E-state index >= 15 is 0 Å².